The van der Waals surface area contributed by atoms with E-state index in [1.165, 1.54) is 38.5 Å². The fraction of sp³-hybridized carbons (Fsp3) is 0.769. The second-order valence-corrected chi connectivity index (χ2v) is 11.0. The van der Waals surface area contributed by atoms with Gasteiger partial charge in [0.25, 0.3) is 0 Å². The predicted molar refractivity (Wildman–Crippen MR) is 133 cm³/mol. The van der Waals surface area contributed by atoms with Crippen molar-refractivity contribution in [3.8, 4) is 5.75 Å². The summed E-state index contributed by atoms with van der Waals surface area (Å²) >= 11 is 10.2. The summed E-state index contributed by atoms with van der Waals surface area (Å²) in [6.07, 6.45) is 9.08. The van der Waals surface area contributed by atoms with E-state index in [0.717, 1.165) is 22.2 Å². The topological polar surface area (TPSA) is 9.23 Å². The Bertz CT molecular complexity index is 564. The van der Waals surface area contributed by atoms with Crippen LogP contribution in [0.15, 0.2) is 16.6 Å². The summed E-state index contributed by atoms with van der Waals surface area (Å²) in [4.78, 5) is 0. The predicted octanol–water partition coefficient (Wildman–Crippen LogP) is 9.86. The Morgan fingerprint density at radius 1 is 0.897 bits per heavy atom. The van der Waals surface area contributed by atoms with Gasteiger partial charge in [-0.1, -0.05) is 108 Å². The van der Waals surface area contributed by atoms with Crippen molar-refractivity contribution in [1.29, 1.82) is 0 Å². The zero-order chi connectivity index (χ0) is 22.2. The van der Waals surface area contributed by atoms with Crippen molar-refractivity contribution in [2.24, 2.45) is 23.2 Å². The molecule has 1 nitrogen and oxygen atoms in total. The van der Waals surface area contributed by atoms with Gasteiger partial charge in [0.05, 0.1) is 5.02 Å². The van der Waals surface area contributed by atoms with Crippen LogP contribution in [0.2, 0.25) is 5.02 Å². The lowest BCUT2D eigenvalue weighted by Crippen LogP contribution is -2.51. The molecule has 0 heterocycles. The Labute approximate surface area is 194 Å². The molecule has 1 rings (SSSR count). The maximum atomic E-state index is 6.86. The molecule has 0 saturated carbocycles. The Morgan fingerprint density at radius 3 is 1.90 bits per heavy atom. The van der Waals surface area contributed by atoms with E-state index in [1.807, 2.05) is 6.07 Å². The van der Waals surface area contributed by atoms with Crippen molar-refractivity contribution < 1.29 is 4.74 Å². The summed E-state index contributed by atoms with van der Waals surface area (Å²) in [5, 5.41) is 0.704. The molecule has 3 heteroatoms. The van der Waals surface area contributed by atoms with Gasteiger partial charge in [0.2, 0.25) is 0 Å². The minimum Gasteiger partial charge on any atom is -0.488 e. The van der Waals surface area contributed by atoms with E-state index in [9.17, 15) is 0 Å². The third kappa shape index (κ3) is 6.89. The van der Waals surface area contributed by atoms with E-state index in [4.69, 9.17) is 16.3 Å². The maximum Gasteiger partial charge on any atom is 0.141 e. The van der Waals surface area contributed by atoms with E-state index in [0.29, 0.717) is 22.8 Å². The van der Waals surface area contributed by atoms with Crippen molar-refractivity contribution in [1.82, 2.24) is 0 Å². The Morgan fingerprint density at radius 2 is 1.41 bits per heavy atom. The quantitative estimate of drug-likeness (QED) is 0.251. The van der Waals surface area contributed by atoms with Crippen LogP contribution in [0.1, 0.15) is 99.0 Å². The lowest BCUT2D eigenvalue weighted by Gasteiger charge is -2.50. The van der Waals surface area contributed by atoms with Gasteiger partial charge in [-0.05, 0) is 55.2 Å². The van der Waals surface area contributed by atoms with E-state index < -0.39 is 0 Å². The van der Waals surface area contributed by atoms with E-state index in [-0.39, 0.29) is 11.5 Å². The monoisotopic (exact) mass is 486 g/mol. The number of benzene rings is 1. The lowest BCUT2D eigenvalue weighted by atomic mass is 9.58. The molecule has 1 unspecified atom stereocenters. The standard InChI is InChI=1S/C26H44BrClO/c1-9-10-11-12-13-14-15-24(26(18(2)3,19(4)5)20(6)7)29-25-21(8)16-22(27)17-23(25)28/h16-20,24H,9-15H2,1-8H3. The highest BCUT2D eigenvalue weighted by Gasteiger charge is 2.48. The molecule has 0 amide bonds. The minimum absolute atomic E-state index is 0.103. The molecule has 1 atom stereocenters. The second-order valence-electron chi connectivity index (χ2n) is 9.66. The molecular formula is C26H44BrClO. The molecule has 0 fully saturated rings. The van der Waals surface area contributed by atoms with E-state index in [1.54, 1.807) is 0 Å². The number of aryl methyl sites for hydroxylation is 1. The first kappa shape index (κ1) is 26.8. The first-order valence-corrected chi connectivity index (χ1v) is 12.9. The highest BCUT2D eigenvalue weighted by molar-refractivity contribution is 9.10. The summed E-state index contributed by atoms with van der Waals surface area (Å²) in [7, 11) is 0. The summed E-state index contributed by atoms with van der Waals surface area (Å²) in [5.74, 6) is 2.45. The molecule has 0 aliphatic rings. The van der Waals surface area contributed by atoms with Gasteiger partial charge in [0, 0.05) is 9.89 Å². The Kier molecular flexibility index (Phi) is 11.7. The minimum atomic E-state index is 0.103. The highest BCUT2D eigenvalue weighted by Crippen LogP contribution is 2.49. The summed E-state index contributed by atoms with van der Waals surface area (Å²) < 4.78 is 7.86. The van der Waals surface area contributed by atoms with Gasteiger partial charge in [-0.2, -0.15) is 0 Å². The molecule has 1 aromatic carbocycles. The van der Waals surface area contributed by atoms with Crippen molar-refractivity contribution in [3.05, 3.63) is 27.2 Å². The van der Waals surface area contributed by atoms with Crippen LogP contribution in [0.5, 0.6) is 5.75 Å². The number of rotatable bonds is 13. The number of hydrogen-bond donors (Lipinski definition) is 0. The first-order chi connectivity index (χ1) is 13.6. The number of ether oxygens (including phenoxy) is 1. The SMILES string of the molecule is CCCCCCCCC(Oc1c(C)cc(Br)cc1Cl)C(C(C)C)(C(C)C)C(C)C. The summed E-state index contributed by atoms with van der Waals surface area (Å²) in [5.41, 5.74) is 1.20. The van der Waals surface area contributed by atoms with Crippen LogP contribution >= 0.6 is 27.5 Å². The molecule has 29 heavy (non-hydrogen) atoms. The van der Waals surface area contributed by atoms with Crippen molar-refractivity contribution in [2.75, 3.05) is 0 Å². The van der Waals surface area contributed by atoms with E-state index in [2.05, 4.69) is 77.4 Å². The smallest absolute Gasteiger partial charge is 0.141 e. The van der Waals surface area contributed by atoms with Crippen LogP contribution in [0.25, 0.3) is 0 Å². The molecule has 0 aliphatic heterocycles. The third-order valence-electron chi connectivity index (χ3n) is 6.83. The van der Waals surface area contributed by atoms with Gasteiger partial charge in [-0.3, -0.25) is 0 Å². The molecule has 0 N–H and O–H groups in total. The van der Waals surface area contributed by atoms with Gasteiger partial charge in [-0.25, -0.2) is 0 Å². The van der Waals surface area contributed by atoms with Crippen molar-refractivity contribution >= 4 is 27.5 Å². The zero-order valence-electron chi connectivity index (χ0n) is 20.1. The number of unbranched alkanes of at least 4 members (excludes halogenated alkanes) is 5. The van der Waals surface area contributed by atoms with Crippen LogP contribution in [-0.4, -0.2) is 6.10 Å². The number of halogens is 2. The van der Waals surface area contributed by atoms with Crippen LogP contribution in [0.3, 0.4) is 0 Å². The molecule has 1 aromatic rings. The molecule has 0 radical (unpaired) electrons. The van der Waals surface area contributed by atoms with Gasteiger partial charge in [0.15, 0.2) is 0 Å². The molecule has 0 bridgehead atoms. The second kappa shape index (κ2) is 12.6. The fourth-order valence-corrected chi connectivity index (χ4v) is 6.63. The molecule has 0 aliphatic carbocycles. The first-order valence-electron chi connectivity index (χ1n) is 11.7. The third-order valence-corrected chi connectivity index (χ3v) is 7.57. The van der Waals surface area contributed by atoms with Crippen molar-refractivity contribution in [2.45, 2.75) is 106 Å². The van der Waals surface area contributed by atoms with E-state index >= 15 is 0 Å². The fourth-order valence-electron chi connectivity index (χ4n) is 5.62. The number of hydrogen-bond acceptors (Lipinski definition) is 1. The molecule has 168 valence electrons. The largest absolute Gasteiger partial charge is 0.488 e. The van der Waals surface area contributed by atoms with Crippen LogP contribution in [-0.2, 0) is 0 Å². The van der Waals surface area contributed by atoms with Gasteiger partial charge >= 0.3 is 0 Å². The van der Waals surface area contributed by atoms with Crippen LogP contribution < -0.4 is 4.74 Å². The summed E-state index contributed by atoms with van der Waals surface area (Å²) in [6, 6.07) is 4.05. The molecule has 0 spiro atoms. The Balaban J connectivity index is 3.20. The maximum absolute atomic E-state index is 6.86. The molecule has 0 aromatic heterocycles. The molecule has 0 saturated heterocycles. The average molecular weight is 488 g/mol. The molecular weight excluding hydrogens is 444 g/mol. The van der Waals surface area contributed by atoms with Crippen LogP contribution in [0, 0.1) is 30.1 Å². The average Bonchev–Trinajstić information content (AvgIpc) is 2.59. The Hall–Kier alpha value is -0.210. The van der Waals surface area contributed by atoms with Crippen LogP contribution in [0.4, 0.5) is 0 Å². The van der Waals surface area contributed by atoms with Gasteiger partial charge < -0.3 is 4.74 Å². The summed E-state index contributed by atoms with van der Waals surface area (Å²) in [6.45, 7) is 18.6. The lowest BCUT2D eigenvalue weighted by molar-refractivity contribution is -0.0716. The van der Waals surface area contributed by atoms with Crippen molar-refractivity contribution in [3.63, 3.8) is 0 Å². The normalized spacial score (nSPS) is 13.6. The highest BCUT2D eigenvalue weighted by atomic mass is 79.9. The van der Waals surface area contributed by atoms with Gasteiger partial charge in [0.1, 0.15) is 11.9 Å². The zero-order valence-corrected chi connectivity index (χ0v) is 22.4. The van der Waals surface area contributed by atoms with Gasteiger partial charge in [-0.15, -0.1) is 0 Å².